The Hall–Kier alpha value is -1.10. The zero-order chi connectivity index (χ0) is 14.5. The molecule has 2 atom stereocenters. The van der Waals surface area contributed by atoms with E-state index >= 15 is 0 Å². The van der Waals surface area contributed by atoms with Gasteiger partial charge in [-0.25, -0.2) is 0 Å². The van der Waals surface area contributed by atoms with E-state index in [0.717, 1.165) is 18.7 Å². The van der Waals surface area contributed by atoms with Crippen LogP contribution in [-0.4, -0.2) is 37.7 Å². The zero-order valence-corrected chi connectivity index (χ0v) is 12.7. The molecule has 1 aromatic rings. The average Bonchev–Trinajstić information content (AvgIpc) is 2.36. The Morgan fingerprint density at radius 2 is 2.00 bits per heavy atom. The molecule has 1 fully saturated rings. The first-order valence-corrected chi connectivity index (χ1v) is 7.41. The second-order valence-electron chi connectivity index (χ2n) is 5.46. The van der Waals surface area contributed by atoms with E-state index in [1.807, 2.05) is 24.3 Å². The third kappa shape index (κ3) is 4.47. The minimum Gasteiger partial charge on any atom is -0.364 e. The topological polar surface area (TPSA) is 42.8 Å². The number of morpholine rings is 1. The summed E-state index contributed by atoms with van der Waals surface area (Å²) in [5.74, 6) is 0.0567. The Bertz CT molecular complexity index is 457. The van der Waals surface area contributed by atoms with Crippen molar-refractivity contribution in [3.8, 4) is 0 Å². The van der Waals surface area contributed by atoms with Gasteiger partial charge in [0.15, 0.2) is 6.54 Å². The summed E-state index contributed by atoms with van der Waals surface area (Å²) in [4.78, 5) is 13.3. The molecule has 1 aliphatic heterocycles. The van der Waals surface area contributed by atoms with Crippen molar-refractivity contribution >= 4 is 17.5 Å². The number of carbonyl (C=O) groups excluding carboxylic acids is 1. The van der Waals surface area contributed by atoms with Gasteiger partial charge in [-0.15, -0.1) is 0 Å². The Labute approximate surface area is 125 Å². The number of halogens is 1. The molecule has 0 aromatic heterocycles. The number of benzene rings is 1. The predicted molar refractivity (Wildman–Crippen MR) is 78.9 cm³/mol. The van der Waals surface area contributed by atoms with Crippen LogP contribution in [0.4, 0.5) is 0 Å². The van der Waals surface area contributed by atoms with Gasteiger partial charge in [0.25, 0.3) is 5.91 Å². The summed E-state index contributed by atoms with van der Waals surface area (Å²) >= 11 is 6.06. The molecule has 0 aliphatic carbocycles. The van der Waals surface area contributed by atoms with Gasteiger partial charge in [0.1, 0.15) is 25.3 Å². The highest BCUT2D eigenvalue weighted by Crippen LogP contribution is 2.14. The van der Waals surface area contributed by atoms with Gasteiger partial charge < -0.3 is 15.0 Å². The molecule has 1 amide bonds. The first kappa shape index (κ1) is 15.3. The van der Waals surface area contributed by atoms with Gasteiger partial charge >= 0.3 is 0 Å². The minimum absolute atomic E-state index is 0.0567. The Morgan fingerprint density at radius 1 is 1.35 bits per heavy atom. The fraction of sp³-hybridized carbons (Fsp3) is 0.533. The monoisotopic (exact) mass is 297 g/mol. The summed E-state index contributed by atoms with van der Waals surface area (Å²) in [6, 6.07) is 7.56. The van der Waals surface area contributed by atoms with E-state index in [-0.39, 0.29) is 18.1 Å². The highest BCUT2D eigenvalue weighted by molar-refractivity contribution is 6.31. The van der Waals surface area contributed by atoms with E-state index in [1.165, 1.54) is 4.90 Å². The van der Waals surface area contributed by atoms with E-state index < -0.39 is 0 Å². The molecule has 0 radical (unpaired) electrons. The van der Waals surface area contributed by atoms with Gasteiger partial charge in [0.2, 0.25) is 0 Å². The van der Waals surface area contributed by atoms with Gasteiger partial charge in [-0.05, 0) is 25.5 Å². The summed E-state index contributed by atoms with van der Waals surface area (Å²) in [7, 11) is 0. The minimum atomic E-state index is 0.0567. The average molecular weight is 298 g/mol. The highest BCUT2D eigenvalue weighted by Gasteiger charge is 2.26. The first-order valence-electron chi connectivity index (χ1n) is 7.03. The molecule has 20 heavy (non-hydrogen) atoms. The van der Waals surface area contributed by atoms with Crippen LogP contribution >= 0.6 is 11.6 Å². The molecule has 0 spiro atoms. The number of rotatable bonds is 4. The zero-order valence-electron chi connectivity index (χ0n) is 12.0. The molecule has 1 saturated heterocycles. The van der Waals surface area contributed by atoms with Crippen LogP contribution in [0.15, 0.2) is 24.3 Å². The molecule has 1 aliphatic rings. The smallest absolute Gasteiger partial charge is 0.275 e. The number of quaternary nitrogens is 1. The lowest BCUT2D eigenvalue weighted by Crippen LogP contribution is -3.16. The third-order valence-electron chi connectivity index (χ3n) is 3.46. The molecule has 5 heteroatoms. The predicted octanol–water partition coefficient (Wildman–Crippen LogP) is 0.648. The van der Waals surface area contributed by atoms with Crippen LogP contribution in [0.5, 0.6) is 0 Å². The number of hydrogen-bond acceptors (Lipinski definition) is 2. The maximum atomic E-state index is 12.0. The largest absolute Gasteiger partial charge is 0.364 e. The Balaban J connectivity index is 1.79. The molecule has 0 bridgehead atoms. The van der Waals surface area contributed by atoms with Crippen LogP contribution in [0.1, 0.15) is 19.4 Å². The van der Waals surface area contributed by atoms with Crippen molar-refractivity contribution in [2.75, 3.05) is 19.6 Å². The van der Waals surface area contributed by atoms with Crippen molar-refractivity contribution in [1.82, 2.24) is 5.32 Å². The fourth-order valence-electron chi connectivity index (χ4n) is 2.66. The molecule has 2 N–H and O–H groups in total. The lowest BCUT2D eigenvalue weighted by atomic mass is 10.2. The highest BCUT2D eigenvalue weighted by atomic mass is 35.5. The summed E-state index contributed by atoms with van der Waals surface area (Å²) in [5, 5.41) is 3.62. The van der Waals surface area contributed by atoms with Gasteiger partial charge in [0, 0.05) is 11.6 Å². The van der Waals surface area contributed by atoms with E-state index in [1.54, 1.807) is 0 Å². The maximum Gasteiger partial charge on any atom is 0.275 e. The number of ether oxygens (including phenoxy) is 1. The van der Waals surface area contributed by atoms with Crippen molar-refractivity contribution in [2.24, 2.45) is 0 Å². The van der Waals surface area contributed by atoms with Crippen LogP contribution in [-0.2, 0) is 16.1 Å². The van der Waals surface area contributed by atoms with Crippen molar-refractivity contribution in [3.63, 3.8) is 0 Å². The lowest BCUT2D eigenvalue weighted by molar-refractivity contribution is -0.907. The van der Waals surface area contributed by atoms with Crippen LogP contribution in [0.25, 0.3) is 0 Å². The van der Waals surface area contributed by atoms with Crippen molar-refractivity contribution in [1.29, 1.82) is 0 Å². The Morgan fingerprint density at radius 3 is 2.65 bits per heavy atom. The van der Waals surface area contributed by atoms with Crippen LogP contribution in [0, 0.1) is 0 Å². The second-order valence-corrected chi connectivity index (χ2v) is 5.87. The maximum absolute atomic E-state index is 12.0. The molecule has 0 unspecified atom stereocenters. The van der Waals surface area contributed by atoms with Crippen LogP contribution in [0.2, 0.25) is 5.02 Å². The number of amides is 1. The standard InChI is InChI=1S/C15H21ClN2O2/c1-11-8-18(9-12(2)20-11)10-15(19)17-7-13-5-3-4-6-14(13)16/h3-6,11-12H,7-10H2,1-2H3,(H,17,19)/p+1/t11-,12-/m1/s1. The molecule has 1 heterocycles. The van der Waals surface area contributed by atoms with E-state index in [2.05, 4.69) is 19.2 Å². The normalized spacial score (nSPS) is 26.2. The fourth-order valence-corrected chi connectivity index (χ4v) is 2.86. The quantitative estimate of drug-likeness (QED) is 0.857. The van der Waals surface area contributed by atoms with Gasteiger partial charge in [-0.1, -0.05) is 29.8 Å². The molecule has 2 rings (SSSR count). The summed E-state index contributed by atoms with van der Waals surface area (Å²) in [6.07, 6.45) is 0.426. The van der Waals surface area contributed by atoms with Crippen LogP contribution < -0.4 is 10.2 Å². The third-order valence-corrected chi connectivity index (χ3v) is 3.83. The number of hydrogen-bond donors (Lipinski definition) is 2. The SMILES string of the molecule is C[C@@H]1C[NH+](CC(=O)NCc2ccccc2Cl)C[C@@H](C)O1. The molecule has 0 saturated carbocycles. The van der Waals surface area contributed by atoms with Crippen molar-refractivity contribution < 1.29 is 14.4 Å². The summed E-state index contributed by atoms with van der Waals surface area (Å²) in [6.45, 7) is 6.83. The van der Waals surface area contributed by atoms with Crippen LogP contribution in [0.3, 0.4) is 0 Å². The number of carbonyl (C=O) groups is 1. The van der Waals surface area contributed by atoms with Gasteiger partial charge in [-0.2, -0.15) is 0 Å². The van der Waals surface area contributed by atoms with Crippen molar-refractivity contribution in [3.05, 3.63) is 34.9 Å². The van der Waals surface area contributed by atoms with E-state index in [4.69, 9.17) is 16.3 Å². The molecular weight excluding hydrogens is 276 g/mol. The van der Waals surface area contributed by atoms with E-state index in [0.29, 0.717) is 18.1 Å². The van der Waals surface area contributed by atoms with Crippen molar-refractivity contribution in [2.45, 2.75) is 32.6 Å². The van der Waals surface area contributed by atoms with Gasteiger partial charge in [0.05, 0.1) is 0 Å². The molecular formula is C15H22ClN2O2+. The first-order chi connectivity index (χ1) is 9.54. The van der Waals surface area contributed by atoms with E-state index in [9.17, 15) is 4.79 Å². The molecule has 1 aromatic carbocycles. The molecule has 4 nitrogen and oxygen atoms in total. The second kappa shape index (κ2) is 7.07. The Kier molecular flexibility index (Phi) is 5.40. The summed E-state index contributed by atoms with van der Waals surface area (Å²) in [5.41, 5.74) is 0.946. The lowest BCUT2D eigenvalue weighted by Gasteiger charge is -2.31. The number of nitrogens with one attached hydrogen (secondary N) is 2. The molecule has 110 valence electrons. The van der Waals surface area contributed by atoms with Gasteiger partial charge in [-0.3, -0.25) is 4.79 Å². The summed E-state index contributed by atoms with van der Waals surface area (Å²) < 4.78 is 5.67.